The van der Waals surface area contributed by atoms with Gasteiger partial charge in [0.15, 0.2) is 0 Å². The zero-order valence-corrected chi connectivity index (χ0v) is 13.4. The molecule has 0 atom stereocenters. The zero-order valence-electron chi connectivity index (χ0n) is 13.4. The molecule has 0 unspecified atom stereocenters. The van der Waals surface area contributed by atoms with Crippen LogP contribution in [-0.2, 0) is 12.8 Å². The summed E-state index contributed by atoms with van der Waals surface area (Å²) in [5.74, 6) is 0.882. The van der Waals surface area contributed by atoms with Crippen LogP contribution in [0.25, 0.3) is 11.3 Å². The van der Waals surface area contributed by atoms with E-state index >= 15 is 0 Å². The number of benzene rings is 1. The Bertz CT molecular complexity index is 560. The molecule has 1 aromatic heterocycles. The minimum absolute atomic E-state index is 0.882. The molecule has 0 spiro atoms. The Labute approximate surface area is 128 Å². The van der Waals surface area contributed by atoms with Gasteiger partial charge in [-0.3, -0.25) is 4.98 Å². The van der Waals surface area contributed by atoms with Crippen LogP contribution in [0.1, 0.15) is 44.4 Å². The summed E-state index contributed by atoms with van der Waals surface area (Å²) in [7, 11) is 1.69. The fourth-order valence-corrected chi connectivity index (χ4v) is 2.51. The van der Waals surface area contributed by atoms with Crippen LogP contribution in [0, 0.1) is 0 Å². The summed E-state index contributed by atoms with van der Waals surface area (Å²) in [4.78, 5) is 4.91. The van der Waals surface area contributed by atoms with Gasteiger partial charge in [0.1, 0.15) is 5.75 Å². The number of hydrogen-bond donors (Lipinski definition) is 0. The van der Waals surface area contributed by atoms with Gasteiger partial charge in [-0.2, -0.15) is 0 Å². The number of unbranched alkanes of at least 4 members (excludes halogenated alkanes) is 1. The summed E-state index contributed by atoms with van der Waals surface area (Å²) >= 11 is 0. The average Bonchev–Trinajstić information content (AvgIpc) is 2.54. The molecule has 0 amide bonds. The van der Waals surface area contributed by atoms with Crippen LogP contribution in [0.15, 0.2) is 36.4 Å². The van der Waals surface area contributed by atoms with Gasteiger partial charge in [-0.15, -0.1) is 0 Å². The highest BCUT2D eigenvalue weighted by molar-refractivity contribution is 5.60. The van der Waals surface area contributed by atoms with E-state index in [1.165, 1.54) is 30.5 Å². The Balaban J connectivity index is 2.30. The predicted octanol–water partition coefficient (Wildman–Crippen LogP) is 5.05. The van der Waals surface area contributed by atoms with Crippen molar-refractivity contribution in [3.8, 4) is 17.0 Å². The molecular weight excluding hydrogens is 258 g/mol. The average molecular weight is 283 g/mol. The van der Waals surface area contributed by atoms with Crippen LogP contribution >= 0.6 is 0 Å². The Morgan fingerprint density at radius 1 is 0.905 bits per heavy atom. The maximum atomic E-state index is 5.21. The van der Waals surface area contributed by atoms with E-state index in [1.807, 2.05) is 12.1 Å². The van der Waals surface area contributed by atoms with Gasteiger partial charge in [0, 0.05) is 11.3 Å². The predicted molar refractivity (Wildman–Crippen MR) is 88.8 cm³/mol. The highest BCUT2D eigenvalue weighted by atomic mass is 16.5. The van der Waals surface area contributed by atoms with Crippen molar-refractivity contribution in [2.75, 3.05) is 7.11 Å². The molecule has 0 N–H and O–H groups in total. The van der Waals surface area contributed by atoms with Crippen LogP contribution in [0.2, 0.25) is 0 Å². The molecule has 1 heterocycles. The quantitative estimate of drug-likeness (QED) is 0.709. The van der Waals surface area contributed by atoms with Crippen LogP contribution in [0.5, 0.6) is 5.75 Å². The van der Waals surface area contributed by atoms with E-state index in [1.54, 1.807) is 7.11 Å². The second-order valence-corrected chi connectivity index (χ2v) is 5.38. The SMILES string of the molecule is CCCCc1nc(-c2ccc(OC)cc2)ccc1CCC. The Hall–Kier alpha value is -1.83. The lowest BCUT2D eigenvalue weighted by atomic mass is 10.0. The number of hydrogen-bond acceptors (Lipinski definition) is 2. The molecule has 2 rings (SSSR count). The first-order valence-corrected chi connectivity index (χ1v) is 7.91. The summed E-state index contributed by atoms with van der Waals surface area (Å²) in [5, 5.41) is 0. The van der Waals surface area contributed by atoms with Gasteiger partial charge >= 0.3 is 0 Å². The molecule has 112 valence electrons. The van der Waals surface area contributed by atoms with Crippen molar-refractivity contribution in [3.63, 3.8) is 0 Å². The lowest BCUT2D eigenvalue weighted by Gasteiger charge is -2.11. The van der Waals surface area contributed by atoms with Crippen LogP contribution in [-0.4, -0.2) is 12.1 Å². The summed E-state index contributed by atoms with van der Waals surface area (Å²) < 4.78 is 5.21. The fraction of sp³-hybridized carbons (Fsp3) is 0.421. The number of aromatic nitrogens is 1. The van der Waals surface area contributed by atoms with Crippen molar-refractivity contribution in [2.45, 2.75) is 46.0 Å². The van der Waals surface area contributed by atoms with Gasteiger partial charge in [0.2, 0.25) is 0 Å². The first kappa shape index (κ1) is 15.6. The van der Waals surface area contributed by atoms with Crippen LogP contribution < -0.4 is 4.74 Å². The second kappa shape index (κ2) is 7.82. The molecule has 0 saturated carbocycles. The molecule has 0 aliphatic carbocycles. The van der Waals surface area contributed by atoms with E-state index in [0.29, 0.717) is 0 Å². The summed E-state index contributed by atoms with van der Waals surface area (Å²) in [6.45, 7) is 4.45. The molecule has 2 aromatic rings. The number of ether oxygens (including phenoxy) is 1. The van der Waals surface area contributed by atoms with Gasteiger partial charge in [0.25, 0.3) is 0 Å². The smallest absolute Gasteiger partial charge is 0.118 e. The highest BCUT2D eigenvalue weighted by Crippen LogP contribution is 2.23. The van der Waals surface area contributed by atoms with E-state index in [9.17, 15) is 0 Å². The van der Waals surface area contributed by atoms with Crippen molar-refractivity contribution >= 4 is 0 Å². The molecule has 0 fully saturated rings. The highest BCUT2D eigenvalue weighted by Gasteiger charge is 2.07. The fourth-order valence-electron chi connectivity index (χ4n) is 2.51. The number of rotatable bonds is 7. The van der Waals surface area contributed by atoms with E-state index in [-0.39, 0.29) is 0 Å². The van der Waals surface area contributed by atoms with Crippen molar-refractivity contribution in [1.82, 2.24) is 4.98 Å². The summed E-state index contributed by atoms with van der Waals surface area (Å²) in [5.41, 5.74) is 4.88. The first-order chi connectivity index (χ1) is 10.3. The lowest BCUT2D eigenvalue weighted by Crippen LogP contribution is -2.00. The Morgan fingerprint density at radius 3 is 2.29 bits per heavy atom. The van der Waals surface area contributed by atoms with Crippen molar-refractivity contribution in [1.29, 1.82) is 0 Å². The minimum atomic E-state index is 0.882. The van der Waals surface area contributed by atoms with Gasteiger partial charge in [0.05, 0.1) is 12.8 Å². The number of pyridine rings is 1. The minimum Gasteiger partial charge on any atom is -0.497 e. The Morgan fingerprint density at radius 2 is 1.67 bits per heavy atom. The molecule has 0 saturated heterocycles. The van der Waals surface area contributed by atoms with Gasteiger partial charge < -0.3 is 4.74 Å². The molecule has 2 heteroatoms. The van der Waals surface area contributed by atoms with E-state index < -0.39 is 0 Å². The molecule has 1 aromatic carbocycles. The topological polar surface area (TPSA) is 22.1 Å². The maximum absolute atomic E-state index is 5.21. The second-order valence-electron chi connectivity index (χ2n) is 5.38. The van der Waals surface area contributed by atoms with Crippen molar-refractivity contribution in [3.05, 3.63) is 47.7 Å². The third-order valence-corrected chi connectivity index (χ3v) is 3.74. The molecule has 0 aliphatic rings. The largest absolute Gasteiger partial charge is 0.497 e. The molecule has 0 bridgehead atoms. The van der Waals surface area contributed by atoms with Crippen LogP contribution in [0.3, 0.4) is 0 Å². The molecular formula is C19H25NO. The maximum Gasteiger partial charge on any atom is 0.118 e. The van der Waals surface area contributed by atoms with Gasteiger partial charge in [-0.25, -0.2) is 0 Å². The van der Waals surface area contributed by atoms with Crippen molar-refractivity contribution < 1.29 is 4.74 Å². The first-order valence-electron chi connectivity index (χ1n) is 7.91. The molecule has 2 nitrogen and oxygen atoms in total. The molecule has 0 radical (unpaired) electrons. The lowest BCUT2D eigenvalue weighted by molar-refractivity contribution is 0.415. The van der Waals surface area contributed by atoms with Crippen molar-refractivity contribution in [2.24, 2.45) is 0 Å². The molecule has 0 aliphatic heterocycles. The Kier molecular flexibility index (Phi) is 5.79. The number of nitrogens with zero attached hydrogens (tertiary/aromatic N) is 1. The normalized spacial score (nSPS) is 10.6. The van der Waals surface area contributed by atoms with E-state index in [2.05, 4.69) is 38.1 Å². The summed E-state index contributed by atoms with van der Waals surface area (Å²) in [6.07, 6.45) is 5.78. The third kappa shape index (κ3) is 4.07. The number of methoxy groups -OCH3 is 1. The van der Waals surface area contributed by atoms with E-state index in [4.69, 9.17) is 9.72 Å². The van der Waals surface area contributed by atoms with Gasteiger partial charge in [-0.05, 0) is 55.2 Å². The standard InChI is InChI=1S/C19H25NO/c1-4-6-8-18-15(7-5-2)11-14-19(20-18)16-9-12-17(21-3)13-10-16/h9-14H,4-8H2,1-3H3. The van der Waals surface area contributed by atoms with E-state index in [0.717, 1.165) is 29.8 Å². The van der Waals surface area contributed by atoms with Crippen LogP contribution in [0.4, 0.5) is 0 Å². The summed E-state index contributed by atoms with van der Waals surface area (Å²) in [6, 6.07) is 12.5. The number of aryl methyl sites for hydroxylation is 2. The third-order valence-electron chi connectivity index (χ3n) is 3.74. The monoisotopic (exact) mass is 283 g/mol. The molecule has 21 heavy (non-hydrogen) atoms. The zero-order chi connectivity index (χ0) is 15.1. The van der Waals surface area contributed by atoms with Gasteiger partial charge in [-0.1, -0.05) is 32.8 Å².